The smallest absolute Gasteiger partial charge is 0.317 e. The maximum atomic E-state index is 12.5. The number of amides is 3. The van der Waals surface area contributed by atoms with Crippen molar-refractivity contribution < 1.29 is 9.59 Å². The summed E-state index contributed by atoms with van der Waals surface area (Å²) in [5, 5.41) is 2.91. The molecule has 1 fully saturated rings. The van der Waals surface area contributed by atoms with Crippen molar-refractivity contribution in [2.24, 2.45) is 5.73 Å². The van der Waals surface area contributed by atoms with E-state index in [0.29, 0.717) is 39.1 Å². The van der Waals surface area contributed by atoms with Crippen molar-refractivity contribution in [3.05, 3.63) is 35.9 Å². The normalized spacial score (nSPS) is 15.9. The first kappa shape index (κ1) is 18.3. The minimum atomic E-state index is -0.530. The Kier molecular flexibility index (Phi) is 7.06. The molecular weight excluding hydrogens is 304 g/mol. The SMILES string of the molecule is CCCCNC(=O)N1CCN(C(=O)C(N)Cc2ccccc2)CC1. The Labute approximate surface area is 144 Å². The summed E-state index contributed by atoms with van der Waals surface area (Å²) in [6, 6.07) is 9.23. The molecule has 6 heteroatoms. The van der Waals surface area contributed by atoms with E-state index in [4.69, 9.17) is 5.73 Å². The summed E-state index contributed by atoms with van der Waals surface area (Å²) in [5.41, 5.74) is 7.13. The van der Waals surface area contributed by atoms with Crippen molar-refractivity contribution in [1.82, 2.24) is 15.1 Å². The number of rotatable bonds is 6. The lowest BCUT2D eigenvalue weighted by atomic mass is 10.1. The minimum absolute atomic E-state index is 0.0371. The summed E-state index contributed by atoms with van der Waals surface area (Å²) in [4.78, 5) is 28.0. The summed E-state index contributed by atoms with van der Waals surface area (Å²) in [6.45, 7) is 5.00. The van der Waals surface area contributed by atoms with Crippen LogP contribution >= 0.6 is 0 Å². The predicted octanol–water partition coefficient (Wildman–Crippen LogP) is 1.21. The second kappa shape index (κ2) is 9.27. The summed E-state index contributed by atoms with van der Waals surface area (Å²) in [6.07, 6.45) is 2.58. The lowest BCUT2D eigenvalue weighted by molar-refractivity contribution is -0.134. The molecule has 6 nitrogen and oxygen atoms in total. The summed E-state index contributed by atoms with van der Waals surface area (Å²) in [7, 11) is 0. The van der Waals surface area contributed by atoms with E-state index in [2.05, 4.69) is 12.2 Å². The van der Waals surface area contributed by atoms with Gasteiger partial charge in [0.1, 0.15) is 0 Å². The van der Waals surface area contributed by atoms with Crippen LogP contribution in [-0.4, -0.2) is 60.5 Å². The van der Waals surface area contributed by atoms with Crippen molar-refractivity contribution >= 4 is 11.9 Å². The van der Waals surface area contributed by atoms with Crippen LogP contribution in [0.1, 0.15) is 25.3 Å². The number of hydrogen-bond donors (Lipinski definition) is 2. The second-order valence-corrected chi connectivity index (χ2v) is 6.19. The number of nitrogens with zero attached hydrogens (tertiary/aromatic N) is 2. The van der Waals surface area contributed by atoms with Crippen LogP contribution < -0.4 is 11.1 Å². The zero-order chi connectivity index (χ0) is 17.4. The molecule has 2 rings (SSSR count). The highest BCUT2D eigenvalue weighted by Gasteiger charge is 2.27. The topological polar surface area (TPSA) is 78.7 Å². The molecule has 1 aromatic carbocycles. The standard InChI is InChI=1S/C18H28N4O2/c1-2-3-9-20-18(24)22-12-10-21(11-13-22)17(23)16(19)14-15-7-5-4-6-8-15/h4-8,16H,2-3,9-14,19H2,1H3,(H,20,24). The van der Waals surface area contributed by atoms with Gasteiger partial charge in [0, 0.05) is 32.7 Å². The molecule has 0 aromatic heterocycles. The van der Waals surface area contributed by atoms with Crippen LogP contribution in [0.15, 0.2) is 30.3 Å². The lowest BCUT2D eigenvalue weighted by Gasteiger charge is -2.35. The molecule has 132 valence electrons. The van der Waals surface area contributed by atoms with Gasteiger partial charge < -0.3 is 20.9 Å². The maximum Gasteiger partial charge on any atom is 0.317 e. The molecule has 3 amide bonds. The number of carbonyl (C=O) groups is 2. The highest BCUT2D eigenvalue weighted by Crippen LogP contribution is 2.08. The van der Waals surface area contributed by atoms with Crippen LogP contribution in [0, 0.1) is 0 Å². The number of hydrogen-bond acceptors (Lipinski definition) is 3. The van der Waals surface area contributed by atoms with Crippen LogP contribution in [0.5, 0.6) is 0 Å². The third-order valence-corrected chi connectivity index (χ3v) is 4.30. The van der Waals surface area contributed by atoms with Gasteiger partial charge in [-0.1, -0.05) is 43.7 Å². The quantitative estimate of drug-likeness (QED) is 0.769. The van der Waals surface area contributed by atoms with Crippen molar-refractivity contribution in [2.45, 2.75) is 32.2 Å². The van der Waals surface area contributed by atoms with Crippen LogP contribution in [0.3, 0.4) is 0 Å². The molecule has 3 N–H and O–H groups in total. The number of nitrogens with one attached hydrogen (secondary N) is 1. The van der Waals surface area contributed by atoms with E-state index in [9.17, 15) is 9.59 Å². The van der Waals surface area contributed by atoms with Gasteiger partial charge in [-0.3, -0.25) is 4.79 Å². The number of urea groups is 1. The molecule has 0 spiro atoms. The van der Waals surface area contributed by atoms with E-state index < -0.39 is 6.04 Å². The zero-order valence-electron chi connectivity index (χ0n) is 14.4. The Morgan fingerprint density at radius 1 is 1.12 bits per heavy atom. The fourth-order valence-corrected chi connectivity index (χ4v) is 2.80. The molecule has 0 radical (unpaired) electrons. The molecule has 1 unspecified atom stereocenters. The second-order valence-electron chi connectivity index (χ2n) is 6.19. The van der Waals surface area contributed by atoms with Gasteiger partial charge in [-0.25, -0.2) is 4.79 Å². The fraction of sp³-hybridized carbons (Fsp3) is 0.556. The van der Waals surface area contributed by atoms with Gasteiger partial charge in [-0.2, -0.15) is 0 Å². The van der Waals surface area contributed by atoms with E-state index in [1.54, 1.807) is 9.80 Å². The number of unbranched alkanes of at least 4 members (excludes halogenated alkanes) is 1. The van der Waals surface area contributed by atoms with Crippen LogP contribution in [-0.2, 0) is 11.2 Å². The van der Waals surface area contributed by atoms with E-state index in [1.807, 2.05) is 30.3 Å². The van der Waals surface area contributed by atoms with Crippen molar-refractivity contribution in [3.8, 4) is 0 Å². The molecule has 0 bridgehead atoms. The maximum absolute atomic E-state index is 12.5. The summed E-state index contributed by atoms with van der Waals surface area (Å²) >= 11 is 0. The Morgan fingerprint density at radius 3 is 2.38 bits per heavy atom. The van der Waals surface area contributed by atoms with Crippen molar-refractivity contribution in [1.29, 1.82) is 0 Å². The van der Waals surface area contributed by atoms with E-state index in [-0.39, 0.29) is 11.9 Å². The predicted molar refractivity (Wildman–Crippen MR) is 94.6 cm³/mol. The third kappa shape index (κ3) is 5.23. The zero-order valence-corrected chi connectivity index (χ0v) is 14.4. The lowest BCUT2D eigenvalue weighted by Crippen LogP contribution is -2.56. The van der Waals surface area contributed by atoms with Gasteiger partial charge in [-0.15, -0.1) is 0 Å². The van der Waals surface area contributed by atoms with Gasteiger partial charge in [0.2, 0.25) is 5.91 Å². The molecule has 1 saturated heterocycles. The number of piperazine rings is 1. The first-order chi connectivity index (χ1) is 11.6. The van der Waals surface area contributed by atoms with Gasteiger partial charge in [0.05, 0.1) is 6.04 Å². The Balaban J connectivity index is 1.76. The number of carbonyl (C=O) groups excluding carboxylic acids is 2. The van der Waals surface area contributed by atoms with Crippen molar-refractivity contribution in [2.75, 3.05) is 32.7 Å². The first-order valence-corrected chi connectivity index (χ1v) is 8.73. The Morgan fingerprint density at radius 2 is 1.75 bits per heavy atom. The largest absolute Gasteiger partial charge is 0.338 e. The van der Waals surface area contributed by atoms with Gasteiger partial charge >= 0.3 is 6.03 Å². The number of nitrogens with two attached hydrogens (primary N) is 1. The highest BCUT2D eigenvalue weighted by molar-refractivity contribution is 5.82. The molecule has 1 heterocycles. The molecule has 24 heavy (non-hydrogen) atoms. The molecule has 1 atom stereocenters. The molecular formula is C18H28N4O2. The Bertz CT molecular complexity index is 527. The van der Waals surface area contributed by atoms with Gasteiger partial charge in [0.15, 0.2) is 0 Å². The van der Waals surface area contributed by atoms with Gasteiger partial charge in [0.25, 0.3) is 0 Å². The molecule has 0 aliphatic carbocycles. The molecule has 1 aliphatic rings. The van der Waals surface area contributed by atoms with Crippen LogP contribution in [0.25, 0.3) is 0 Å². The minimum Gasteiger partial charge on any atom is -0.338 e. The molecule has 0 saturated carbocycles. The average molecular weight is 332 g/mol. The molecule has 1 aromatic rings. The van der Waals surface area contributed by atoms with E-state index >= 15 is 0 Å². The summed E-state index contributed by atoms with van der Waals surface area (Å²) < 4.78 is 0. The first-order valence-electron chi connectivity index (χ1n) is 8.73. The Hall–Kier alpha value is -2.08. The molecule has 1 aliphatic heterocycles. The average Bonchev–Trinajstić information content (AvgIpc) is 2.62. The van der Waals surface area contributed by atoms with Crippen LogP contribution in [0.2, 0.25) is 0 Å². The third-order valence-electron chi connectivity index (χ3n) is 4.30. The van der Waals surface area contributed by atoms with E-state index in [1.165, 1.54) is 0 Å². The summed E-state index contributed by atoms with van der Waals surface area (Å²) in [5.74, 6) is -0.0371. The van der Waals surface area contributed by atoms with E-state index in [0.717, 1.165) is 18.4 Å². The van der Waals surface area contributed by atoms with Crippen molar-refractivity contribution in [3.63, 3.8) is 0 Å². The van der Waals surface area contributed by atoms with Crippen LogP contribution in [0.4, 0.5) is 4.79 Å². The highest BCUT2D eigenvalue weighted by atomic mass is 16.2. The van der Waals surface area contributed by atoms with Gasteiger partial charge in [-0.05, 0) is 18.4 Å². The fourth-order valence-electron chi connectivity index (χ4n) is 2.80. The number of benzene rings is 1. The monoisotopic (exact) mass is 332 g/mol.